The largest absolute Gasteiger partial charge is 0.394 e. The van der Waals surface area contributed by atoms with Gasteiger partial charge in [-0.1, -0.05) is 29.3 Å². The highest BCUT2D eigenvalue weighted by Gasteiger charge is 2.30. The third kappa shape index (κ3) is 4.94. The molecule has 2 heterocycles. The van der Waals surface area contributed by atoms with Crippen LogP contribution in [0.3, 0.4) is 0 Å². The molecular weight excluding hydrogens is 450 g/mol. The molecule has 0 atom stereocenters. The molecule has 0 amide bonds. The van der Waals surface area contributed by atoms with Gasteiger partial charge in [0.1, 0.15) is 0 Å². The molecule has 4 rings (SSSR count). The number of pyridine rings is 1. The van der Waals surface area contributed by atoms with Gasteiger partial charge in [0.05, 0.1) is 33.4 Å². The lowest BCUT2D eigenvalue weighted by molar-refractivity contribution is -0.127. The van der Waals surface area contributed by atoms with Gasteiger partial charge in [0, 0.05) is 24.0 Å². The highest BCUT2D eigenvalue weighted by Crippen LogP contribution is 2.37. The second-order valence-corrected chi connectivity index (χ2v) is 9.17. The summed E-state index contributed by atoms with van der Waals surface area (Å²) in [5, 5.41) is 14.3. The molecule has 2 aromatic heterocycles. The summed E-state index contributed by atoms with van der Waals surface area (Å²) in [6.07, 6.45) is 0.506. The lowest BCUT2D eigenvalue weighted by Crippen LogP contribution is -2.35. The van der Waals surface area contributed by atoms with E-state index in [-0.39, 0.29) is 22.4 Å². The van der Waals surface area contributed by atoms with E-state index in [0.29, 0.717) is 10.6 Å². The maximum atomic E-state index is 12.8. The number of imidazole rings is 1. The minimum absolute atomic E-state index is 0.0278. The van der Waals surface area contributed by atoms with Gasteiger partial charge in [0.2, 0.25) is 0 Å². The van der Waals surface area contributed by atoms with Crippen LogP contribution in [0, 0.1) is 0 Å². The average Bonchev–Trinajstić information content (AvgIpc) is 3.07. The minimum Gasteiger partial charge on any atom is -0.390 e. The summed E-state index contributed by atoms with van der Waals surface area (Å²) in [4.78, 5) is 4.08. The van der Waals surface area contributed by atoms with Crippen molar-refractivity contribution in [2.75, 3.05) is 5.32 Å². The van der Waals surface area contributed by atoms with Crippen LogP contribution in [0.15, 0.2) is 36.7 Å². The summed E-state index contributed by atoms with van der Waals surface area (Å²) < 4.78 is 39.7. The number of hydrogen-bond acceptors (Lipinski definition) is 3. The number of aromatic nitrogens is 2. The Balaban J connectivity index is 1.57. The SMILES string of the molecule is CC1(O)CCC(Nc2ccc(-c3ccn4c(CC(F)(F)F)cnc4c3Cl)cc2Cl)CC1. The maximum Gasteiger partial charge on any atom is 0.394 e. The fraction of sp³-hybridized carbons (Fsp3) is 0.409. The van der Waals surface area contributed by atoms with Gasteiger partial charge in [-0.05, 0) is 56.4 Å². The fourth-order valence-corrected chi connectivity index (χ4v) is 4.58. The van der Waals surface area contributed by atoms with Crippen LogP contribution in [-0.4, -0.2) is 32.3 Å². The normalized spacial score (nSPS) is 22.1. The molecule has 2 N–H and O–H groups in total. The van der Waals surface area contributed by atoms with Crippen molar-refractivity contribution in [3.05, 3.63) is 52.4 Å². The van der Waals surface area contributed by atoms with E-state index in [4.69, 9.17) is 23.2 Å². The predicted octanol–water partition coefficient (Wildman–Crippen LogP) is 6.52. The number of halogens is 5. The standard InChI is InChI=1S/C22H22Cl2F3N3O/c1-21(31)7-4-14(5-8-21)29-18-3-2-13(10-17(18)23)16-6-9-30-15(11-22(25,26)27)12-28-20(30)19(16)24/h2-3,6,9-10,12,14,29,31H,4-5,7-8,11H2,1H3. The van der Waals surface area contributed by atoms with Gasteiger partial charge in [-0.15, -0.1) is 0 Å². The van der Waals surface area contributed by atoms with Gasteiger partial charge < -0.3 is 14.8 Å². The first-order valence-corrected chi connectivity index (χ1v) is 10.8. The molecule has 3 aromatic rings. The maximum absolute atomic E-state index is 12.8. The van der Waals surface area contributed by atoms with Gasteiger partial charge in [-0.2, -0.15) is 13.2 Å². The number of nitrogens with zero attached hydrogens (tertiary/aromatic N) is 2. The second-order valence-electron chi connectivity index (χ2n) is 8.39. The highest BCUT2D eigenvalue weighted by atomic mass is 35.5. The quantitative estimate of drug-likeness (QED) is 0.455. The Hall–Kier alpha value is -1.96. The van der Waals surface area contributed by atoms with Gasteiger partial charge >= 0.3 is 6.18 Å². The number of aliphatic hydroxyl groups is 1. The topological polar surface area (TPSA) is 49.6 Å². The number of anilines is 1. The molecule has 1 aliphatic carbocycles. The molecule has 1 aliphatic rings. The second kappa shape index (κ2) is 8.19. The molecule has 0 saturated heterocycles. The van der Waals surface area contributed by atoms with E-state index in [1.165, 1.54) is 10.6 Å². The first kappa shape index (κ1) is 22.2. The molecule has 0 unspecified atom stereocenters. The molecule has 0 bridgehead atoms. The Morgan fingerprint density at radius 1 is 1.23 bits per heavy atom. The summed E-state index contributed by atoms with van der Waals surface area (Å²) in [7, 11) is 0. The van der Waals surface area contributed by atoms with E-state index in [1.807, 2.05) is 19.1 Å². The van der Waals surface area contributed by atoms with Crippen LogP contribution < -0.4 is 5.32 Å². The molecule has 9 heteroatoms. The minimum atomic E-state index is -4.33. The van der Waals surface area contributed by atoms with Crippen LogP contribution in [0.1, 0.15) is 38.3 Å². The van der Waals surface area contributed by atoms with Crippen LogP contribution in [0.5, 0.6) is 0 Å². The zero-order valence-corrected chi connectivity index (χ0v) is 18.3. The first-order valence-electron chi connectivity index (χ1n) is 10.0. The predicted molar refractivity (Wildman–Crippen MR) is 117 cm³/mol. The Morgan fingerprint density at radius 3 is 2.58 bits per heavy atom. The molecular formula is C22H22Cl2F3N3O. The first-order chi connectivity index (χ1) is 14.5. The Morgan fingerprint density at radius 2 is 1.94 bits per heavy atom. The van der Waals surface area contributed by atoms with Crippen molar-refractivity contribution in [3.8, 4) is 11.1 Å². The highest BCUT2D eigenvalue weighted by molar-refractivity contribution is 6.36. The number of benzene rings is 1. The van der Waals surface area contributed by atoms with E-state index < -0.39 is 18.2 Å². The summed E-state index contributed by atoms with van der Waals surface area (Å²) in [5.74, 6) is 0. The van der Waals surface area contributed by atoms with Crippen LogP contribution in [0.25, 0.3) is 16.8 Å². The lowest BCUT2D eigenvalue weighted by Gasteiger charge is -2.34. The Labute approximate surface area is 188 Å². The summed E-state index contributed by atoms with van der Waals surface area (Å²) in [5.41, 5.74) is 1.87. The number of fused-ring (bicyclic) bond motifs is 1. The summed E-state index contributed by atoms with van der Waals surface area (Å²) in [6.45, 7) is 1.86. The van der Waals surface area contributed by atoms with Crippen molar-refractivity contribution in [3.63, 3.8) is 0 Å². The van der Waals surface area contributed by atoms with Crippen molar-refractivity contribution in [1.82, 2.24) is 9.38 Å². The monoisotopic (exact) mass is 471 g/mol. The zero-order valence-electron chi connectivity index (χ0n) is 16.8. The smallest absolute Gasteiger partial charge is 0.390 e. The van der Waals surface area contributed by atoms with Gasteiger partial charge in [0.15, 0.2) is 5.65 Å². The van der Waals surface area contributed by atoms with Crippen LogP contribution in [-0.2, 0) is 6.42 Å². The molecule has 0 radical (unpaired) electrons. The van der Waals surface area contributed by atoms with Crippen molar-refractivity contribution in [2.45, 2.75) is 56.8 Å². The molecule has 4 nitrogen and oxygen atoms in total. The van der Waals surface area contributed by atoms with Crippen molar-refractivity contribution < 1.29 is 18.3 Å². The zero-order chi connectivity index (χ0) is 22.4. The molecule has 31 heavy (non-hydrogen) atoms. The van der Waals surface area contributed by atoms with E-state index >= 15 is 0 Å². The molecule has 166 valence electrons. The molecule has 0 spiro atoms. The number of hydrogen-bond donors (Lipinski definition) is 2. The molecule has 1 fully saturated rings. The van der Waals surface area contributed by atoms with Crippen molar-refractivity contribution in [2.24, 2.45) is 0 Å². The van der Waals surface area contributed by atoms with Gasteiger partial charge in [-0.25, -0.2) is 4.98 Å². The number of rotatable bonds is 4. The van der Waals surface area contributed by atoms with Gasteiger partial charge in [0.25, 0.3) is 0 Å². The van der Waals surface area contributed by atoms with E-state index in [1.54, 1.807) is 18.3 Å². The van der Waals surface area contributed by atoms with Crippen LogP contribution in [0.2, 0.25) is 10.0 Å². The fourth-order valence-electron chi connectivity index (χ4n) is 4.03. The molecule has 1 aromatic carbocycles. The van der Waals surface area contributed by atoms with Crippen LogP contribution >= 0.6 is 23.2 Å². The lowest BCUT2D eigenvalue weighted by atomic mass is 9.83. The molecule has 1 saturated carbocycles. The number of nitrogens with one attached hydrogen (secondary N) is 1. The van der Waals surface area contributed by atoms with Crippen molar-refractivity contribution >= 4 is 34.5 Å². The van der Waals surface area contributed by atoms with E-state index in [0.717, 1.165) is 36.9 Å². The summed E-state index contributed by atoms with van der Waals surface area (Å²) in [6, 6.07) is 7.41. The van der Waals surface area contributed by atoms with Crippen molar-refractivity contribution in [1.29, 1.82) is 0 Å². The third-order valence-corrected chi connectivity index (χ3v) is 6.47. The van der Waals surface area contributed by atoms with E-state index in [2.05, 4.69) is 10.3 Å². The van der Waals surface area contributed by atoms with Gasteiger partial charge in [-0.3, -0.25) is 0 Å². The molecule has 0 aliphatic heterocycles. The third-order valence-electron chi connectivity index (χ3n) is 5.78. The van der Waals surface area contributed by atoms with Crippen LogP contribution in [0.4, 0.5) is 18.9 Å². The summed E-state index contributed by atoms with van der Waals surface area (Å²) >= 11 is 13.0. The Kier molecular flexibility index (Phi) is 5.87. The van der Waals surface area contributed by atoms with E-state index in [9.17, 15) is 18.3 Å². The Bertz CT molecular complexity index is 1100. The average molecular weight is 472 g/mol. The number of alkyl halides is 3.